The number of amides is 2. The molecule has 0 fully saturated rings. The molecule has 7 nitrogen and oxygen atoms in total. The van der Waals surface area contributed by atoms with Crippen LogP contribution in [0.5, 0.6) is 0 Å². The first kappa shape index (κ1) is 34.4. The second kappa shape index (κ2) is 15.2. The molecule has 0 saturated carbocycles. The Morgan fingerprint density at radius 3 is 2.13 bits per heavy atom. The number of nitrogens with one attached hydrogen (secondary N) is 1. The van der Waals surface area contributed by atoms with Crippen LogP contribution in [0.3, 0.4) is 0 Å². The standard InChI is InChI=1S/C37H42FN3O4S/c1-26(2)23-39-37(43)35(22-30-13-7-6-8-14-30)40(24-31-15-9-10-16-33(31)38)36(42)25-41(34-17-11-12-28(4)29(34)5)46(44,45)32-20-18-27(3)19-21-32/h6-21,26,35H,22-25H2,1-5H3,(H,39,43)/t35-/m0/s1. The SMILES string of the molecule is Cc1ccc(S(=O)(=O)N(CC(=O)N(Cc2ccccc2F)[C@@H](Cc2ccccc2)C(=O)NCC(C)C)c2cccc(C)c2C)cc1. The lowest BCUT2D eigenvalue weighted by Crippen LogP contribution is -2.54. The number of benzene rings is 4. The van der Waals surface area contributed by atoms with Crippen LogP contribution in [0.4, 0.5) is 10.1 Å². The molecule has 2 amide bonds. The minimum atomic E-state index is -4.23. The van der Waals surface area contributed by atoms with E-state index < -0.39 is 40.2 Å². The average molecular weight is 644 g/mol. The van der Waals surface area contributed by atoms with Crippen molar-refractivity contribution in [2.75, 3.05) is 17.4 Å². The van der Waals surface area contributed by atoms with Gasteiger partial charge in [0.05, 0.1) is 10.6 Å². The number of anilines is 1. The molecule has 0 aliphatic heterocycles. The third-order valence-corrected chi connectivity index (χ3v) is 9.76. The number of sulfonamides is 1. The van der Waals surface area contributed by atoms with Crippen molar-refractivity contribution in [1.82, 2.24) is 10.2 Å². The summed E-state index contributed by atoms with van der Waals surface area (Å²) in [7, 11) is -4.23. The van der Waals surface area contributed by atoms with Gasteiger partial charge in [-0.1, -0.05) is 92.2 Å². The maximum Gasteiger partial charge on any atom is 0.264 e. The monoisotopic (exact) mass is 643 g/mol. The molecular formula is C37H42FN3O4S. The van der Waals surface area contributed by atoms with Gasteiger partial charge in [-0.15, -0.1) is 0 Å². The summed E-state index contributed by atoms with van der Waals surface area (Å²) in [6, 6.07) is 26.0. The molecular weight excluding hydrogens is 601 g/mol. The third kappa shape index (κ3) is 8.40. The number of hydrogen-bond acceptors (Lipinski definition) is 4. The van der Waals surface area contributed by atoms with Crippen molar-refractivity contribution in [3.63, 3.8) is 0 Å². The van der Waals surface area contributed by atoms with Gasteiger partial charge in [0.15, 0.2) is 0 Å². The molecule has 0 aliphatic rings. The smallest absolute Gasteiger partial charge is 0.264 e. The molecule has 4 aromatic rings. The molecule has 0 saturated heterocycles. The molecule has 0 aromatic heterocycles. The van der Waals surface area contributed by atoms with Crippen LogP contribution in [0.15, 0.2) is 102 Å². The van der Waals surface area contributed by atoms with Crippen molar-refractivity contribution >= 4 is 27.5 Å². The van der Waals surface area contributed by atoms with Gasteiger partial charge in [-0.3, -0.25) is 13.9 Å². The van der Waals surface area contributed by atoms with Crippen molar-refractivity contribution in [3.8, 4) is 0 Å². The van der Waals surface area contributed by atoms with Crippen LogP contribution < -0.4 is 9.62 Å². The van der Waals surface area contributed by atoms with Crippen molar-refractivity contribution in [2.24, 2.45) is 5.92 Å². The van der Waals surface area contributed by atoms with E-state index in [9.17, 15) is 18.0 Å². The van der Waals surface area contributed by atoms with Crippen LogP contribution >= 0.6 is 0 Å². The van der Waals surface area contributed by atoms with E-state index in [-0.39, 0.29) is 29.3 Å². The largest absolute Gasteiger partial charge is 0.354 e. The van der Waals surface area contributed by atoms with E-state index in [1.165, 1.54) is 23.1 Å². The predicted octanol–water partition coefficient (Wildman–Crippen LogP) is 6.36. The van der Waals surface area contributed by atoms with Gasteiger partial charge in [0, 0.05) is 25.1 Å². The Bertz CT molecular complexity index is 1760. The highest BCUT2D eigenvalue weighted by atomic mass is 32.2. The molecule has 1 atom stereocenters. The Kier molecular flexibility index (Phi) is 11.4. The lowest BCUT2D eigenvalue weighted by molar-refractivity contribution is -0.140. The predicted molar refractivity (Wildman–Crippen MR) is 180 cm³/mol. The summed E-state index contributed by atoms with van der Waals surface area (Å²) in [6.07, 6.45) is 0.152. The highest BCUT2D eigenvalue weighted by molar-refractivity contribution is 7.92. The van der Waals surface area contributed by atoms with E-state index in [2.05, 4.69) is 5.32 Å². The second-order valence-electron chi connectivity index (χ2n) is 12.0. The lowest BCUT2D eigenvalue weighted by atomic mass is 10.0. The summed E-state index contributed by atoms with van der Waals surface area (Å²) >= 11 is 0. The first-order valence-electron chi connectivity index (χ1n) is 15.4. The highest BCUT2D eigenvalue weighted by Crippen LogP contribution is 2.29. The summed E-state index contributed by atoms with van der Waals surface area (Å²) in [5.41, 5.74) is 3.81. The van der Waals surface area contributed by atoms with Gasteiger partial charge in [0.25, 0.3) is 10.0 Å². The first-order valence-corrected chi connectivity index (χ1v) is 16.8. The zero-order valence-corrected chi connectivity index (χ0v) is 27.9. The second-order valence-corrected chi connectivity index (χ2v) is 13.9. The van der Waals surface area contributed by atoms with Crippen molar-refractivity contribution in [3.05, 3.63) is 131 Å². The molecule has 4 aromatic carbocycles. The quantitative estimate of drug-likeness (QED) is 0.184. The fraction of sp³-hybridized carbons (Fsp3) is 0.297. The molecule has 0 bridgehead atoms. The molecule has 0 radical (unpaired) electrons. The van der Waals surface area contributed by atoms with E-state index in [1.807, 2.05) is 71.0 Å². The van der Waals surface area contributed by atoms with Gasteiger partial charge in [-0.25, -0.2) is 12.8 Å². The van der Waals surface area contributed by atoms with E-state index in [0.717, 1.165) is 21.0 Å². The van der Waals surface area contributed by atoms with Crippen LogP contribution in [0.25, 0.3) is 0 Å². The third-order valence-electron chi connectivity index (χ3n) is 7.99. The normalized spacial score (nSPS) is 12.1. The van der Waals surface area contributed by atoms with Crippen molar-refractivity contribution in [1.29, 1.82) is 0 Å². The van der Waals surface area contributed by atoms with E-state index in [0.29, 0.717) is 17.8 Å². The molecule has 242 valence electrons. The zero-order valence-electron chi connectivity index (χ0n) is 27.0. The Hall–Kier alpha value is -4.50. The van der Waals surface area contributed by atoms with Gasteiger partial charge in [-0.2, -0.15) is 0 Å². The fourth-order valence-corrected chi connectivity index (χ4v) is 6.61. The van der Waals surface area contributed by atoms with Crippen LogP contribution in [0.1, 0.15) is 41.7 Å². The van der Waals surface area contributed by atoms with Crippen LogP contribution in [-0.4, -0.2) is 44.3 Å². The zero-order chi connectivity index (χ0) is 33.4. The number of carbonyl (C=O) groups is 2. The molecule has 0 unspecified atom stereocenters. The van der Waals surface area contributed by atoms with Crippen molar-refractivity contribution in [2.45, 2.75) is 58.5 Å². The number of aryl methyl sites for hydroxylation is 2. The lowest BCUT2D eigenvalue weighted by Gasteiger charge is -2.34. The van der Waals surface area contributed by atoms with Crippen LogP contribution in [0.2, 0.25) is 0 Å². The van der Waals surface area contributed by atoms with Crippen molar-refractivity contribution < 1.29 is 22.4 Å². The number of nitrogens with zero attached hydrogens (tertiary/aromatic N) is 2. The molecule has 0 heterocycles. The Morgan fingerprint density at radius 1 is 0.826 bits per heavy atom. The van der Waals surface area contributed by atoms with E-state index in [1.54, 1.807) is 42.5 Å². The number of carbonyl (C=O) groups excluding carboxylic acids is 2. The van der Waals surface area contributed by atoms with Gasteiger partial charge in [0.2, 0.25) is 11.8 Å². The van der Waals surface area contributed by atoms with Crippen LogP contribution in [-0.2, 0) is 32.6 Å². The first-order chi connectivity index (χ1) is 21.9. The summed E-state index contributed by atoms with van der Waals surface area (Å²) in [5, 5.41) is 2.94. The fourth-order valence-electron chi connectivity index (χ4n) is 5.14. The van der Waals surface area contributed by atoms with Gasteiger partial charge in [0.1, 0.15) is 18.4 Å². The van der Waals surface area contributed by atoms with Crippen LogP contribution in [0, 0.1) is 32.5 Å². The Balaban J connectivity index is 1.84. The van der Waals surface area contributed by atoms with Gasteiger partial charge >= 0.3 is 0 Å². The molecule has 0 spiro atoms. The summed E-state index contributed by atoms with van der Waals surface area (Å²) < 4.78 is 44.7. The number of halogens is 1. The maximum absolute atomic E-state index is 15.1. The Labute approximate surface area is 272 Å². The minimum Gasteiger partial charge on any atom is -0.354 e. The molecule has 46 heavy (non-hydrogen) atoms. The van der Waals surface area contributed by atoms with Gasteiger partial charge < -0.3 is 10.2 Å². The number of rotatable bonds is 13. The molecule has 9 heteroatoms. The van der Waals surface area contributed by atoms with E-state index >= 15 is 4.39 Å². The topological polar surface area (TPSA) is 86.8 Å². The maximum atomic E-state index is 15.1. The minimum absolute atomic E-state index is 0.0305. The summed E-state index contributed by atoms with van der Waals surface area (Å²) in [5.74, 6) is -1.42. The molecule has 1 N–H and O–H groups in total. The average Bonchev–Trinajstić information content (AvgIpc) is 3.03. The number of hydrogen-bond donors (Lipinski definition) is 1. The molecule has 4 rings (SSSR count). The molecule has 0 aliphatic carbocycles. The summed E-state index contributed by atoms with van der Waals surface area (Å²) in [4.78, 5) is 29.7. The van der Waals surface area contributed by atoms with Gasteiger partial charge in [-0.05, 0) is 67.6 Å². The Morgan fingerprint density at radius 2 is 1.48 bits per heavy atom. The highest BCUT2D eigenvalue weighted by Gasteiger charge is 2.35. The summed E-state index contributed by atoms with van der Waals surface area (Å²) in [6.45, 7) is 9.02. The van der Waals surface area contributed by atoms with E-state index in [4.69, 9.17) is 0 Å².